The van der Waals surface area contributed by atoms with Gasteiger partial charge in [0.1, 0.15) is 16.6 Å². The molecule has 0 aliphatic heterocycles. The highest BCUT2D eigenvalue weighted by molar-refractivity contribution is 9.10. The molecule has 0 radical (unpaired) electrons. The number of thiazole rings is 1. The van der Waals surface area contributed by atoms with Crippen LogP contribution in [0.5, 0.6) is 0 Å². The molecule has 3 rings (SSSR count). The third-order valence-corrected chi connectivity index (χ3v) is 5.24. The van der Waals surface area contributed by atoms with Crippen molar-refractivity contribution >= 4 is 49.9 Å². The van der Waals surface area contributed by atoms with Crippen LogP contribution in [0.3, 0.4) is 0 Å². The number of aromatic nitrogens is 3. The summed E-state index contributed by atoms with van der Waals surface area (Å²) >= 11 is 10.8. The molecule has 1 atom stereocenters. The zero-order valence-electron chi connectivity index (χ0n) is 11.4. The van der Waals surface area contributed by atoms with Crippen molar-refractivity contribution in [2.75, 3.05) is 0 Å². The Morgan fingerprint density at radius 1 is 1.48 bits per heavy atom. The molecule has 110 valence electrons. The van der Waals surface area contributed by atoms with E-state index in [4.69, 9.17) is 11.6 Å². The van der Waals surface area contributed by atoms with Crippen molar-refractivity contribution in [2.24, 2.45) is 0 Å². The van der Waals surface area contributed by atoms with E-state index in [0.29, 0.717) is 10.3 Å². The molecule has 3 aromatic rings. The van der Waals surface area contributed by atoms with Gasteiger partial charge in [0, 0.05) is 17.1 Å². The van der Waals surface area contributed by atoms with Crippen LogP contribution in [0.25, 0.3) is 11.0 Å². The molecule has 1 unspecified atom stereocenters. The average Bonchev–Trinajstić information content (AvgIpc) is 3.02. The summed E-state index contributed by atoms with van der Waals surface area (Å²) in [7, 11) is 0. The minimum Gasteiger partial charge on any atom is -0.317 e. The molecule has 2 aromatic heterocycles. The van der Waals surface area contributed by atoms with Crippen molar-refractivity contribution in [3.63, 3.8) is 0 Å². The number of hydrogen-bond donors (Lipinski definition) is 0. The number of aryl methyl sites for hydroxylation is 1. The Morgan fingerprint density at radius 2 is 2.24 bits per heavy atom. The smallest absolute Gasteiger partial charge is 0.139 e. The largest absolute Gasteiger partial charge is 0.317 e. The number of halogens is 3. The van der Waals surface area contributed by atoms with E-state index >= 15 is 0 Å². The molecule has 0 saturated heterocycles. The van der Waals surface area contributed by atoms with Crippen LogP contribution < -0.4 is 0 Å². The first-order valence-electron chi connectivity index (χ1n) is 6.35. The monoisotopic (exact) mass is 387 g/mol. The molecule has 0 aliphatic rings. The van der Waals surface area contributed by atoms with Crippen LogP contribution in [0.2, 0.25) is 0 Å². The molecule has 0 amide bonds. The first kappa shape index (κ1) is 14.9. The first-order chi connectivity index (χ1) is 10.0. The lowest BCUT2D eigenvalue weighted by molar-refractivity contribution is 0.612. The maximum absolute atomic E-state index is 13.9. The van der Waals surface area contributed by atoms with Crippen LogP contribution in [0.4, 0.5) is 4.39 Å². The zero-order chi connectivity index (χ0) is 15.1. The third kappa shape index (κ3) is 2.60. The van der Waals surface area contributed by atoms with Crippen molar-refractivity contribution in [3.8, 4) is 0 Å². The maximum Gasteiger partial charge on any atom is 0.139 e. The molecule has 0 saturated carbocycles. The summed E-state index contributed by atoms with van der Waals surface area (Å²) in [6.07, 6.45) is 1.84. The SMILES string of the molecule is Cc1cnc(C(C)n2c(CCl)nc3cc(Br)c(F)cc32)s1. The number of nitrogens with zero attached hydrogens (tertiary/aromatic N) is 3. The fourth-order valence-electron chi connectivity index (χ4n) is 2.34. The van der Waals surface area contributed by atoms with Gasteiger partial charge in [-0.3, -0.25) is 0 Å². The van der Waals surface area contributed by atoms with Crippen LogP contribution >= 0.6 is 38.9 Å². The molecular weight excluding hydrogens is 377 g/mol. The minimum absolute atomic E-state index is 0.0389. The third-order valence-electron chi connectivity index (χ3n) is 3.31. The topological polar surface area (TPSA) is 30.7 Å². The van der Waals surface area contributed by atoms with Crippen molar-refractivity contribution in [2.45, 2.75) is 25.8 Å². The Labute approximate surface area is 138 Å². The molecule has 0 bridgehead atoms. The highest BCUT2D eigenvalue weighted by atomic mass is 79.9. The van der Waals surface area contributed by atoms with Crippen LogP contribution in [-0.2, 0) is 5.88 Å². The summed E-state index contributed by atoms with van der Waals surface area (Å²) < 4.78 is 16.2. The molecule has 0 spiro atoms. The van der Waals surface area contributed by atoms with Crippen LogP contribution in [0.1, 0.15) is 28.7 Å². The van der Waals surface area contributed by atoms with Gasteiger partial charge in [0.05, 0.1) is 27.4 Å². The number of alkyl halides is 1. The summed E-state index contributed by atoms with van der Waals surface area (Å²) in [6, 6.07) is 3.12. The Balaban J connectivity index is 2.22. The van der Waals surface area contributed by atoms with Gasteiger partial charge in [-0.1, -0.05) is 0 Å². The second-order valence-corrected chi connectivity index (χ2v) is 7.16. The van der Waals surface area contributed by atoms with Gasteiger partial charge in [-0.15, -0.1) is 22.9 Å². The number of imidazole rings is 1. The van der Waals surface area contributed by atoms with Gasteiger partial charge in [-0.05, 0) is 35.8 Å². The van der Waals surface area contributed by atoms with E-state index in [1.807, 2.05) is 24.6 Å². The van der Waals surface area contributed by atoms with E-state index in [0.717, 1.165) is 20.9 Å². The summed E-state index contributed by atoms with van der Waals surface area (Å²) in [5, 5.41) is 0.960. The van der Waals surface area contributed by atoms with Gasteiger partial charge in [0.2, 0.25) is 0 Å². The number of rotatable bonds is 3. The predicted molar refractivity (Wildman–Crippen MR) is 87.6 cm³/mol. The van der Waals surface area contributed by atoms with Gasteiger partial charge < -0.3 is 4.57 Å². The lowest BCUT2D eigenvalue weighted by Gasteiger charge is -2.14. The van der Waals surface area contributed by atoms with Gasteiger partial charge in [-0.25, -0.2) is 14.4 Å². The predicted octanol–water partition coefficient (Wildman–Crippen LogP) is 5.05. The van der Waals surface area contributed by atoms with E-state index in [1.165, 1.54) is 6.07 Å². The van der Waals surface area contributed by atoms with E-state index < -0.39 is 0 Å². The Morgan fingerprint density at radius 3 is 2.86 bits per heavy atom. The van der Waals surface area contributed by atoms with Crippen LogP contribution in [0, 0.1) is 12.7 Å². The quantitative estimate of drug-likeness (QED) is 0.588. The van der Waals surface area contributed by atoms with E-state index in [2.05, 4.69) is 25.9 Å². The van der Waals surface area contributed by atoms with Crippen molar-refractivity contribution in [3.05, 3.63) is 44.3 Å². The maximum atomic E-state index is 13.9. The molecule has 0 N–H and O–H groups in total. The molecule has 3 nitrogen and oxygen atoms in total. The van der Waals surface area contributed by atoms with E-state index in [1.54, 1.807) is 17.4 Å². The minimum atomic E-state index is -0.313. The lowest BCUT2D eigenvalue weighted by Crippen LogP contribution is -2.09. The van der Waals surface area contributed by atoms with Gasteiger partial charge in [-0.2, -0.15) is 0 Å². The Bertz CT molecular complexity index is 814. The molecule has 0 fully saturated rings. The highest BCUT2D eigenvalue weighted by Gasteiger charge is 2.20. The fourth-order valence-corrected chi connectivity index (χ4v) is 3.68. The molecular formula is C14H12BrClFN3S. The molecule has 7 heteroatoms. The second kappa shape index (κ2) is 5.66. The Hall–Kier alpha value is -0.980. The van der Waals surface area contributed by atoms with E-state index in [9.17, 15) is 4.39 Å². The Kier molecular flexibility index (Phi) is 4.03. The average molecular weight is 389 g/mol. The summed E-state index contributed by atoms with van der Waals surface area (Å²) in [6.45, 7) is 4.04. The summed E-state index contributed by atoms with van der Waals surface area (Å²) in [5.41, 5.74) is 1.45. The standard InChI is InChI=1S/C14H12BrClFN3S/c1-7-6-18-14(21-7)8(2)20-12-4-10(17)9(15)3-11(12)19-13(20)5-16/h3-4,6,8H,5H2,1-2H3. The normalized spacial score (nSPS) is 13.0. The van der Waals surface area contributed by atoms with E-state index in [-0.39, 0.29) is 17.7 Å². The molecule has 2 heterocycles. The second-order valence-electron chi connectivity index (χ2n) is 4.77. The molecule has 21 heavy (non-hydrogen) atoms. The fraction of sp³-hybridized carbons (Fsp3) is 0.286. The van der Waals surface area contributed by atoms with Crippen LogP contribution in [-0.4, -0.2) is 14.5 Å². The zero-order valence-corrected chi connectivity index (χ0v) is 14.6. The molecule has 1 aromatic carbocycles. The van der Waals surface area contributed by atoms with Crippen LogP contribution in [0.15, 0.2) is 22.8 Å². The number of hydrogen-bond acceptors (Lipinski definition) is 3. The number of benzene rings is 1. The first-order valence-corrected chi connectivity index (χ1v) is 8.49. The summed E-state index contributed by atoms with van der Waals surface area (Å²) in [5.74, 6) is 0.666. The lowest BCUT2D eigenvalue weighted by atomic mass is 10.2. The molecule has 0 aliphatic carbocycles. The van der Waals surface area contributed by atoms with Gasteiger partial charge in [0.25, 0.3) is 0 Å². The van der Waals surface area contributed by atoms with Gasteiger partial charge >= 0.3 is 0 Å². The van der Waals surface area contributed by atoms with Gasteiger partial charge in [0.15, 0.2) is 0 Å². The highest BCUT2D eigenvalue weighted by Crippen LogP contribution is 2.31. The van der Waals surface area contributed by atoms with Crippen molar-refractivity contribution in [1.29, 1.82) is 0 Å². The van der Waals surface area contributed by atoms with Crippen molar-refractivity contribution in [1.82, 2.24) is 14.5 Å². The summed E-state index contributed by atoms with van der Waals surface area (Å²) in [4.78, 5) is 10.1. The van der Waals surface area contributed by atoms with Crippen molar-refractivity contribution < 1.29 is 4.39 Å². The number of fused-ring (bicyclic) bond motifs is 1.